The highest BCUT2D eigenvalue weighted by atomic mass is 17.1. The van der Waals surface area contributed by atoms with Crippen molar-refractivity contribution in [3.63, 3.8) is 0 Å². The van der Waals surface area contributed by atoms with E-state index in [0.29, 0.717) is 0 Å². The van der Waals surface area contributed by atoms with Gasteiger partial charge in [0.25, 0.3) is 0 Å². The second-order valence-electron chi connectivity index (χ2n) is 3.24. The van der Waals surface area contributed by atoms with Crippen LogP contribution < -0.4 is 0 Å². The summed E-state index contributed by atoms with van der Waals surface area (Å²) in [6.07, 6.45) is 3.31. The molecule has 0 fully saturated rings. The van der Waals surface area contributed by atoms with Crippen LogP contribution in [0, 0.1) is 5.92 Å². The van der Waals surface area contributed by atoms with Gasteiger partial charge in [-0.15, -0.1) is 0 Å². The van der Waals surface area contributed by atoms with Crippen LogP contribution in [0.4, 0.5) is 0 Å². The van der Waals surface area contributed by atoms with Crippen LogP contribution in [0.15, 0.2) is 0 Å². The monoisotopic (exact) mass is 146 g/mol. The summed E-state index contributed by atoms with van der Waals surface area (Å²) in [5.41, 5.74) is 0. The van der Waals surface area contributed by atoms with Gasteiger partial charge in [0.15, 0.2) is 0 Å². The molecule has 0 bridgehead atoms. The first kappa shape index (κ1) is 9.92. The fourth-order valence-electron chi connectivity index (χ4n) is 0.866. The first-order valence-corrected chi connectivity index (χ1v) is 3.97. The minimum Gasteiger partial charge on any atom is -0.252 e. The molecule has 0 aliphatic carbocycles. The van der Waals surface area contributed by atoms with E-state index in [4.69, 9.17) is 5.26 Å². The maximum atomic E-state index is 8.20. The Kier molecular flexibility index (Phi) is 5.64. The molecule has 0 saturated carbocycles. The van der Waals surface area contributed by atoms with Crippen LogP contribution in [0.2, 0.25) is 0 Å². The molecule has 0 rings (SSSR count). The van der Waals surface area contributed by atoms with Crippen molar-refractivity contribution in [3.05, 3.63) is 0 Å². The zero-order chi connectivity index (χ0) is 7.98. The molecule has 0 aromatic carbocycles. The average molecular weight is 146 g/mol. The molecule has 62 valence electrons. The van der Waals surface area contributed by atoms with E-state index in [1.807, 2.05) is 6.92 Å². The van der Waals surface area contributed by atoms with Crippen molar-refractivity contribution in [2.24, 2.45) is 5.92 Å². The van der Waals surface area contributed by atoms with Crippen molar-refractivity contribution in [1.29, 1.82) is 0 Å². The Labute approximate surface area is 63.1 Å². The molecule has 10 heavy (non-hydrogen) atoms. The Balaban J connectivity index is 3.03. The third-order valence-electron chi connectivity index (χ3n) is 1.57. The summed E-state index contributed by atoms with van der Waals surface area (Å²) >= 11 is 0. The molecule has 2 heteroatoms. The molecule has 0 amide bonds. The van der Waals surface area contributed by atoms with Gasteiger partial charge >= 0.3 is 0 Å². The summed E-state index contributed by atoms with van der Waals surface area (Å²) in [5.74, 6) is 0.755. The van der Waals surface area contributed by atoms with E-state index in [9.17, 15) is 0 Å². The zero-order valence-corrected chi connectivity index (χ0v) is 7.13. The van der Waals surface area contributed by atoms with E-state index < -0.39 is 0 Å². The van der Waals surface area contributed by atoms with Crippen LogP contribution in [0.1, 0.15) is 40.0 Å². The van der Waals surface area contributed by atoms with E-state index in [-0.39, 0.29) is 6.10 Å². The van der Waals surface area contributed by atoms with Gasteiger partial charge in [-0.05, 0) is 19.3 Å². The maximum Gasteiger partial charge on any atom is 0.0899 e. The SMILES string of the molecule is CC(C)CCCC(C)OO. The molecule has 2 nitrogen and oxygen atoms in total. The molecule has 0 spiro atoms. The second-order valence-corrected chi connectivity index (χ2v) is 3.24. The van der Waals surface area contributed by atoms with Gasteiger partial charge < -0.3 is 0 Å². The molecule has 1 N–H and O–H groups in total. The predicted molar refractivity (Wildman–Crippen MR) is 41.9 cm³/mol. The van der Waals surface area contributed by atoms with Gasteiger partial charge in [0.05, 0.1) is 6.10 Å². The molecule has 1 atom stereocenters. The number of hydrogen-bond donors (Lipinski definition) is 1. The minimum absolute atomic E-state index is 0.00116. The second kappa shape index (κ2) is 5.69. The van der Waals surface area contributed by atoms with E-state index in [2.05, 4.69) is 18.7 Å². The summed E-state index contributed by atoms with van der Waals surface area (Å²) in [5, 5.41) is 8.20. The molecular weight excluding hydrogens is 128 g/mol. The molecule has 0 saturated heterocycles. The Hall–Kier alpha value is -0.0800. The topological polar surface area (TPSA) is 29.5 Å². The van der Waals surface area contributed by atoms with Crippen molar-refractivity contribution >= 4 is 0 Å². The van der Waals surface area contributed by atoms with Gasteiger partial charge in [0.2, 0.25) is 0 Å². The van der Waals surface area contributed by atoms with Gasteiger partial charge in [-0.1, -0.05) is 26.7 Å². The van der Waals surface area contributed by atoms with Gasteiger partial charge in [-0.2, -0.15) is 0 Å². The van der Waals surface area contributed by atoms with Crippen LogP contribution in [0.5, 0.6) is 0 Å². The Bertz CT molecular complexity index is 71.7. The molecular formula is C8H18O2. The predicted octanol–water partition coefficient (Wildman–Crippen LogP) is 2.69. The molecule has 0 aliphatic heterocycles. The van der Waals surface area contributed by atoms with Crippen LogP contribution in [-0.2, 0) is 4.89 Å². The first-order valence-electron chi connectivity index (χ1n) is 3.97. The maximum absolute atomic E-state index is 8.20. The Morgan fingerprint density at radius 2 is 1.80 bits per heavy atom. The van der Waals surface area contributed by atoms with Crippen LogP contribution >= 0.6 is 0 Å². The fraction of sp³-hybridized carbons (Fsp3) is 1.00. The van der Waals surface area contributed by atoms with Crippen molar-refractivity contribution < 1.29 is 10.1 Å². The quantitative estimate of drug-likeness (QED) is 0.477. The molecule has 0 aromatic heterocycles. The summed E-state index contributed by atoms with van der Waals surface area (Å²) < 4.78 is 0. The van der Waals surface area contributed by atoms with E-state index in [0.717, 1.165) is 18.8 Å². The lowest BCUT2D eigenvalue weighted by atomic mass is 10.1. The van der Waals surface area contributed by atoms with Crippen molar-refractivity contribution in [2.45, 2.75) is 46.1 Å². The molecule has 0 heterocycles. The summed E-state index contributed by atoms with van der Waals surface area (Å²) in [6.45, 7) is 6.27. The third kappa shape index (κ3) is 6.05. The standard InChI is InChI=1S/C8H18O2/c1-7(2)5-4-6-8(3)10-9/h7-9H,4-6H2,1-3H3. The van der Waals surface area contributed by atoms with Gasteiger partial charge in [0.1, 0.15) is 0 Å². The highest BCUT2D eigenvalue weighted by Crippen LogP contribution is 2.08. The summed E-state index contributed by atoms with van der Waals surface area (Å²) in [4.78, 5) is 4.13. The van der Waals surface area contributed by atoms with Crippen LogP contribution in [0.25, 0.3) is 0 Å². The highest BCUT2D eigenvalue weighted by molar-refractivity contribution is 4.51. The molecule has 0 aromatic rings. The summed E-state index contributed by atoms with van der Waals surface area (Å²) in [7, 11) is 0. The highest BCUT2D eigenvalue weighted by Gasteiger charge is 2.01. The Morgan fingerprint density at radius 1 is 1.20 bits per heavy atom. The molecule has 0 aliphatic rings. The van der Waals surface area contributed by atoms with Gasteiger partial charge in [0, 0.05) is 0 Å². The first-order chi connectivity index (χ1) is 4.66. The molecule has 1 unspecified atom stereocenters. The lowest BCUT2D eigenvalue weighted by Gasteiger charge is -2.07. The lowest BCUT2D eigenvalue weighted by molar-refractivity contribution is -0.275. The normalized spacial score (nSPS) is 14.1. The fourth-order valence-corrected chi connectivity index (χ4v) is 0.866. The van der Waals surface area contributed by atoms with Gasteiger partial charge in [-0.3, -0.25) is 5.26 Å². The minimum atomic E-state index is -0.00116. The van der Waals surface area contributed by atoms with Crippen molar-refractivity contribution in [3.8, 4) is 0 Å². The Morgan fingerprint density at radius 3 is 2.20 bits per heavy atom. The molecule has 0 radical (unpaired) electrons. The zero-order valence-electron chi connectivity index (χ0n) is 7.13. The lowest BCUT2D eigenvalue weighted by Crippen LogP contribution is -2.04. The largest absolute Gasteiger partial charge is 0.252 e. The van der Waals surface area contributed by atoms with Crippen molar-refractivity contribution in [2.75, 3.05) is 0 Å². The van der Waals surface area contributed by atoms with Crippen LogP contribution in [0.3, 0.4) is 0 Å². The van der Waals surface area contributed by atoms with E-state index >= 15 is 0 Å². The summed E-state index contributed by atoms with van der Waals surface area (Å²) in [6, 6.07) is 0. The van der Waals surface area contributed by atoms with Gasteiger partial charge in [-0.25, -0.2) is 4.89 Å². The smallest absolute Gasteiger partial charge is 0.0899 e. The van der Waals surface area contributed by atoms with Crippen molar-refractivity contribution in [1.82, 2.24) is 0 Å². The number of hydrogen-bond acceptors (Lipinski definition) is 2. The van der Waals surface area contributed by atoms with Crippen LogP contribution in [-0.4, -0.2) is 11.4 Å². The average Bonchev–Trinajstić information content (AvgIpc) is 1.87. The third-order valence-corrected chi connectivity index (χ3v) is 1.57. The van der Waals surface area contributed by atoms with E-state index in [1.165, 1.54) is 6.42 Å². The number of rotatable bonds is 5. The van der Waals surface area contributed by atoms with E-state index in [1.54, 1.807) is 0 Å².